The first-order valence-electron chi connectivity index (χ1n) is 8.29. The van der Waals surface area contributed by atoms with E-state index in [0.717, 1.165) is 15.6 Å². The Morgan fingerprint density at radius 2 is 1.81 bits per heavy atom. The minimum absolute atomic E-state index is 0.230. The van der Waals surface area contributed by atoms with Crippen molar-refractivity contribution >= 4 is 33.9 Å². The van der Waals surface area contributed by atoms with Crippen LogP contribution in [0.4, 0.5) is 0 Å². The topological polar surface area (TPSA) is 57.1 Å². The molecule has 0 saturated heterocycles. The van der Waals surface area contributed by atoms with Gasteiger partial charge in [-0.05, 0) is 56.3 Å². The molecule has 26 heavy (non-hydrogen) atoms. The molecular formula is C20H18BrNO4. The van der Waals surface area contributed by atoms with Gasteiger partial charge in [-0.1, -0.05) is 15.9 Å². The van der Waals surface area contributed by atoms with E-state index < -0.39 is 5.97 Å². The predicted octanol–water partition coefficient (Wildman–Crippen LogP) is 4.59. The number of ether oxygens (including phenoxy) is 3. The lowest BCUT2D eigenvalue weighted by Gasteiger charge is -2.10. The van der Waals surface area contributed by atoms with E-state index in [0.29, 0.717) is 24.7 Å². The Hall–Kier alpha value is -2.60. The molecule has 1 heterocycles. The van der Waals surface area contributed by atoms with Gasteiger partial charge in [0.05, 0.1) is 13.2 Å². The fourth-order valence-corrected chi connectivity index (χ4v) is 2.71. The van der Waals surface area contributed by atoms with Gasteiger partial charge in [-0.3, -0.25) is 0 Å². The lowest BCUT2D eigenvalue weighted by Crippen LogP contribution is -2.05. The highest BCUT2D eigenvalue weighted by Gasteiger charge is 2.24. The highest BCUT2D eigenvalue weighted by atomic mass is 79.9. The maximum atomic E-state index is 12.2. The first kappa shape index (κ1) is 18.2. The Morgan fingerprint density at radius 1 is 1.08 bits per heavy atom. The van der Waals surface area contributed by atoms with Crippen LogP contribution in [0, 0.1) is 0 Å². The van der Waals surface area contributed by atoms with Gasteiger partial charge in [-0.2, -0.15) is 0 Å². The van der Waals surface area contributed by atoms with E-state index in [2.05, 4.69) is 20.9 Å². The molecule has 5 nitrogen and oxygen atoms in total. The first-order valence-corrected chi connectivity index (χ1v) is 9.08. The van der Waals surface area contributed by atoms with Gasteiger partial charge in [-0.25, -0.2) is 9.79 Å². The minimum atomic E-state index is -0.487. The van der Waals surface area contributed by atoms with Gasteiger partial charge in [0, 0.05) is 21.7 Å². The van der Waals surface area contributed by atoms with E-state index in [9.17, 15) is 4.79 Å². The van der Waals surface area contributed by atoms with Crippen LogP contribution < -0.4 is 9.47 Å². The van der Waals surface area contributed by atoms with Crippen molar-refractivity contribution < 1.29 is 19.0 Å². The van der Waals surface area contributed by atoms with Crippen LogP contribution in [0.1, 0.15) is 25.0 Å². The number of halogens is 1. The normalized spacial score (nSPS) is 15.0. The van der Waals surface area contributed by atoms with Crippen molar-refractivity contribution in [2.45, 2.75) is 13.8 Å². The maximum Gasteiger partial charge on any atom is 0.363 e. The highest BCUT2D eigenvalue weighted by Crippen LogP contribution is 2.29. The van der Waals surface area contributed by atoms with E-state index in [1.165, 1.54) is 0 Å². The first-order chi connectivity index (χ1) is 12.6. The molecule has 1 aliphatic heterocycles. The van der Waals surface area contributed by atoms with Crippen LogP contribution in [0.3, 0.4) is 0 Å². The highest BCUT2D eigenvalue weighted by molar-refractivity contribution is 9.10. The van der Waals surface area contributed by atoms with Crippen LogP contribution in [0.2, 0.25) is 0 Å². The zero-order valence-electron chi connectivity index (χ0n) is 14.5. The number of carbonyl (C=O) groups excluding carboxylic acids is 1. The number of aliphatic imine (C=N–C) groups is 1. The second-order valence-corrected chi connectivity index (χ2v) is 6.32. The molecule has 0 aliphatic carbocycles. The van der Waals surface area contributed by atoms with Crippen molar-refractivity contribution in [1.29, 1.82) is 0 Å². The van der Waals surface area contributed by atoms with Gasteiger partial charge in [0.1, 0.15) is 11.5 Å². The molecule has 6 heteroatoms. The van der Waals surface area contributed by atoms with Crippen LogP contribution in [-0.4, -0.2) is 25.1 Å². The third-order valence-electron chi connectivity index (χ3n) is 3.60. The summed E-state index contributed by atoms with van der Waals surface area (Å²) < 4.78 is 17.4. The molecule has 0 spiro atoms. The molecule has 3 rings (SSSR count). The molecule has 134 valence electrons. The van der Waals surface area contributed by atoms with Crippen LogP contribution in [-0.2, 0) is 9.53 Å². The standard InChI is InChI=1S/C20H18BrNO4/c1-3-24-16-10-7-14(18(12-16)25-4-2)11-17-20(23)26-19(22-17)13-5-8-15(21)9-6-13/h5-12H,3-4H2,1-2H3/b17-11+. The summed E-state index contributed by atoms with van der Waals surface area (Å²) in [5, 5.41) is 0. The molecule has 0 amide bonds. The Balaban J connectivity index is 1.93. The van der Waals surface area contributed by atoms with Crippen LogP contribution in [0.5, 0.6) is 11.5 Å². The number of benzene rings is 2. The second kappa shape index (κ2) is 8.19. The molecule has 2 aromatic carbocycles. The van der Waals surface area contributed by atoms with Gasteiger partial charge in [0.2, 0.25) is 5.90 Å². The monoisotopic (exact) mass is 415 g/mol. The summed E-state index contributed by atoms with van der Waals surface area (Å²) in [5.74, 6) is 1.15. The van der Waals surface area contributed by atoms with Gasteiger partial charge in [0.15, 0.2) is 5.70 Å². The van der Waals surface area contributed by atoms with Gasteiger partial charge in [0.25, 0.3) is 0 Å². The van der Waals surface area contributed by atoms with Crippen LogP contribution >= 0.6 is 15.9 Å². The van der Waals surface area contributed by atoms with Crippen molar-refractivity contribution in [3.8, 4) is 11.5 Å². The molecule has 0 radical (unpaired) electrons. The van der Waals surface area contributed by atoms with Gasteiger partial charge >= 0.3 is 5.97 Å². The largest absolute Gasteiger partial charge is 0.494 e. The average Bonchev–Trinajstić information content (AvgIpc) is 2.99. The van der Waals surface area contributed by atoms with E-state index in [4.69, 9.17) is 14.2 Å². The summed E-state index contributed by atoms with van der Waals surface area (Å²) >= 11 is 3.38. The molecule has 0 atom stereocenters. The molecule has 0 N–H and O–H groups in total. The van der Waals surface area contributed by atoms with E-state index >= 15 is 0 Å². The minimum Gasteiger partial charge on any atom is -0.494 e. The summed E-state index contributed by atoms with van der Waals surface area (Å²) in [6.45, 7) is 4.89. The SMILES string of the molecule is CCOc1ccc(/C=C2/N=C(c3ccc(Br)cc3)OC2=O)c(OCC)c1. The molecule has 2 aromatic rings. The van der Waals surface area contributed by atoms with Crippen molar-refractivity contribution in [2.24, 2.45) is 4.99 Å². The molecule has 0 saturated carbocycles. The number of nitrogens with zero attached hydrogens (tertiary/aromatic N) is 1. The number of esters is 1. The molecule has 0 unspecified atom stereocenters. The Kier molecular flexibility index (Phi) is 5.73. The Labute approximate surface area is 160 Å². The fraction of sp³-hybridized carbons (Fsp3) is 0.200. The Bertz CT molecular complexity index is 872. The smallest absolute Gasteiger partial charge is 0.363 e. The zero-order valence-corrected chi connectivity index (χ0v) is 16.1. The van der Waals surface area contributed by atoms with Crippen molar-refractivity contribution in [3.05, 3.63) is 63.8 Å². The molecule has 0 fully saturated rings. The van der Waals surface area contributed by atoms with Gasteiger partial charge < -0.3 is 14.2 Å². The number of rotatable bonds is 6. The van der Waals surface area contributed by atoms with E-state index in [1.807, 2.05) is 50.2 Å². The lowest BCUT2D eigenvalue weighted by molar-refractivity contribution is -0.129. The van der Waals surface area contributed by atoms with Crippen LogP contribution in [0.25, 0.3) is 6.08 Å². The zero-order chi connectivity index (χ0) is 18.5. The summed E-state index contributed by atoms with van der Waals surface area (Å²) in [5.41, 5.74) is 1.71. The summed E-state index contributed by atoms with van der Waals surface area (Å²) in [6, 6.07) is 12.9. The Morgan fingerprint density at radius 3 is 2.50 bits per heavy atom. The van der Waals surface area contributed by atoms with E-state index in [-0.39, 0.29) is 11.6 Å². The molecular weight excluding hydrogens is 398 g/mol. The third kappa shape index (κ3) is 4.14. The second-order valence-electron chi connectivity index (χ2n) is 5.41. The quantitative estimate of drug-likeness (QED) is 0.511. The van der Waals surface area contributed by atoms with Crippen molar-refractivity contribution in [2.75, 3.05) is 13.2 Å². The molecule has 0 bridgehead atoms. The number of cyclic esters (lactones) is 1. The lowest BCUT2D eigenvalue weighted by atomic mass is 10.1. The fourth-order valence-electron chi connectivity index (χ4n) is 2.44. The van der Waals surface area contributed by atoms with E-state index in [1.54, 1.807) is 12.1 Å². The summed E-state index contributed by atoms with van der Waals surface area (Å²) in [7, 11) is 0. The summed E-state index contributed by atoms with van der Waals surface area (Å²) in [6.07, 6.45) is 1.66. The van der Waals surface area contributed by atoms with Crippen molar-refractivity contribution in [1.82, 2.24) is 0 Å². The van der Waals surface area contributed by atoms with Crippen molar-refractivity contribution in [3.63, 3.8) is 0 Å². The maximum absolute atomic E-state index is 12.2. The molecule has 0 aromatic heterocycles. The predicted molar refractivity (Wildman–Crippen MR) is 104 cm³/mol. The van der Waals surface area contributed by atoms with Crippen LogP contribution in [0.15, 0.2) is 57.6 Å². The molecule has 1 aliphatic rings. The number of carbonyl (C=O) groups is 1. The van der Waals surface area contributed by atoms with Gasteiger partial charge in [-0.15, -0.1) is 0 Å². The third-order valence-corrected chi connectivity index (χ3v) is 4.13. The average molecular weight is 416 g/mol. The number of hydrogen-bond acceptors (Lipinski definition) is 5. The number of hydrogen-bond donors (Lipinski definition) is 0. The summed E-state index contributed by atoms with van der Waals surface area (Å²) in [4.78, 5) is 16.5.